The van der Waals surface area contributed by atoms with Crippen LogP contribution in [0.1, 0.15) is 29.8 Å². The number of benzene rings is 1. The highest BCUT2D eigenvalue weighted by atomic mass is 32.1. The van der Waals surface area contributed by atoms with Gasteiger partial charge in [0.15, 0.2) is 5.13 Å². The third kappa shape index (κ3) is 2.97. The third-order valence-corrected chi connectivity index (χ3v) is 3.16. The van der Waals surface area contributed by atoms with Gasteiger partial charge >= 0.3 is 0 Å². The Morgan fingerprint density at radius 1 is 1.24 bits per heavy atom. The highest BCUT2D eigenvalue weighted by Gasteiger charge is 2.11. The summed E-state index contributed by atoms with van der Waals surface area (Å²) in [4.78, 5) is 4.22. The molecule has 0 saturated carbocycles. The lowest BCUT2D eigenvalue weighted by Crippen LogP contribution is -2.04. The number of nitrogens with two attached hydrogens (primary N) is 1. The second kappa shape index (κ2) is 4.75. The molecule has 0 aliphatic rings. The number of aromatic nitrogens is 1. The van der Waals surface area contributed by atoms with Crippen molar-refractivity contribution in [1.29, 1.82) is 0 Å². The van der Waals surface area contributed by atoms with Crippen LogP contribution in [0.5, 0.6) is 5.75 Å². The number of rotatable bonds is 3. The Balaban J connectivity index is 2.15. The van der Waals surface area contributed by atoms with Crippen molar-refractivity contribution in [3.63, 3.8) is 0 Å². The van der Waals surface area contributed by atoms with Crippen molar-refractivity contribution in [2.75, 3.05) is 5.73 Å². The number of hydrogen-bond acceptors (Lipinski definition) is 4. The molecule has 17 heavy (non-hydrogen) atoms. The molecule has 2 N–H and O–H groups in total. The van der Waals surface area contributed by atoms with E-state index in [0.29, 0.717) is 5.13 Å². The molecule has 0 saturated heterocycles. The molecule has 0 amide bonds. The van der Waals surface area contributed by atoms with Gasteiger partial charge in [-0.05, 0) is 44.0 Å². The second-order valence-corrected chi connectivity index (χ2v) is 5.08. The molecule has 90 valence electrons. The molecule has 0 aliphatic heterocycles. The van der Waals surface area contributed by atoms with E-state index in [2.05, 4.69) is 24.9 Å². The van der Waals surface area contributed by atoms with Crippen LogP contribution in [-0.4, -0.2) is 4.98 Å². The molecule has 0 spiro atoms. The lowest BCUT2D eigenvalue weighted by molar-refractivity contribution is 0.222. The Hall–Kier alpha value is -1.55. The van der Waals surface area contributed by atoms with E-state index in [0.717, 1.165) is 11.4 Å². The van der Waals surface area contributed by atoms with Crippen LogP contribution in [0.3, 0.4) is 0 Å². The van der Waals surface area contributed by atoms with Crippen LogP contribution < -0.4 is 10.5 Å². The molecule has 0 radical (unpaired) electrons. The Kier molecular flexibility index (Phi) is 3.33. The topological polar surface area (TPSA) is 48.1 Å². The Morgan fingerprint density at radius 2 is 1.88 bits per heavy atom. The van der Waals surface area contributed by atoms with Crippen LogP contribution >= 0.6 is 11.3 Å². The van der Waals surface area contributed by atoms with E-state index in [1.807, 2.05) is 24.4 Å². The highest BCUT2D eigenvalue weighted by Crippen LogP contribution is 2.25. The van der Waals surface area contributed by atoms with E-state index in [4.69, 9.17) is 10.5 Å². The zero-order valence-corrected chi connectivity index (χ0v) is 11.0. The van der Waals surface area contributed by atoms with Crippen molar-refractivity contribution in [1.82, 2.24) is 4.98 Å². The number of ether oxygens (including phenoxy) is 1. The van der Waals surface area contributed by atoms with Crippen LogP contribution in [0.2, 0.25) is 0 Å². The van der Waals surface area contributed by atoms with Gasteiger partial charge in [-0.2, -0.15) is 0 Å². The summed E-state index contributed by atoms with van der Waals surface area (Å²) in [5.74, 6) is 0.876. The summed E-state index contributed by atoms with van der Waals surface area (Å²) in [5, 5.41) is 2.51. The number of thiazole rings is 1. The minimum Gasteiger partial charge on any atom is -0.484 e. The normalized spacial score (nSPS) is 12.4. The maximum absolute atomic E-state index is 5.86. The van der Waals surface area contributed by atoms with Gasteiger partial charge in [-0.3, -0.25) is 0 Å². The summed E-state index contributed by atoms with van der Waals surface area (Å²) >= 11 is 1.44. The predicted molar refractivity (Wildman–Crippen MR) is 71.5 cm³/mol. The van der Waals surface area contributed by atoms with Crippen LogP contribution in [0.15, 0.2) is 23.6 Å². The minimum atomic E-state index is -0.0789. The van der Waals surface area contributed by atoms with Gasteiger partial charge in [0.05, 0.1) is 5.69 Å². The molecule has 1 aromatic heterocycles. The first kappa shape index (κ1) is 11.9. The third-order valence-electron chi connectivity index (χ3n) is 2.46. The van der Waals surface area contributed by atoms with E-state index in [1.165, 1.54) is 22.5 Å². The average molecular weight is 248 g/mol. The monoisotopic (exact) mass is 248 g/mol. The molecule has 4 heteroatoms. The molecule has 1 unspecified atom stereocenters. The highest BCUT2D eigenvalue weighted by molar-refractivity contribution is 7.13. The van der Waals surface area contributed by atoms with Gasteiger partial charge in [-0.25, -0.2) is 4.98 Å². The molecule has 2 rings (SSSR count). The van der Waals surface area contributed by atoms with Crippen molar-refractivity contribution >= 4 is 16.5 Å². The molecule has 1 atom stereocenters. The lowest BCUT2D eigenvalue weighted by atomic mass is 10.1. The van der Waals surface area contributed by atoms with Gasteiger partial charge in [0, 0.05) is 5.38 Å². The van der Waals surface area contributed by atoms with Crippen molar-refractivity contribution < 1.29 is 4.74 Å². The molecule has 1 heterocycles. The van der Waals surface area contributed by atoms with Crippen LogP contribution in [-0.2, 0) is 0 Å². The summed E-state index contributed by atoms with van der Waals surface area (Å²) < 4.78 is 5.86. The molecule has 2 aromatic rings. The number of aryl methyl sites for hydroxylation is 2. The smallest absolute Gasteiger partial charge is 0.180 e. The van der Waals surface area contributed by atoms with Crippen molar-refractivity contribution in [3.05, 3.63) is 40.4 Å². The first-order valence-electron chi connectivity index (χ1n) is 5.50. The van der Waals surface area contributed by atoms with Crippen molar-refractivity contribution in [2.24, 2.45) is 0 Å². The molecule has 3 nitrogen and oxygen atoms in total. The summed E-state index contributed by atoms with van der Waals surface area (Å²) in [6.07, 6.45) is -0.0789. The quantitative estimate of drug-likeness (QED) is 0.904. The van der Waals surface area contributed by atoms with Gasteiger partial charge in [0.1, 0.15) is 11.9 Å². The lowest BCUT2D eigenvalue weighted by Gasteiger charge is -2.13. The predicted octanol–water partition coefficient (Wildman–Crippen LogP) is 3.48. The molecular formula is C13H16N2OS. The largest absolute Gasteiger partial charge is 0.484 e. The van der Waals surface area contributed by atoms with Gasteiger partial charge in [0.25, 0.3) is 0 Å². The van der Waals surface area contributed by atoms with E-state index < -0.39 is 0 Å². The average Bonchev–Trinajstić information content (AvgIpc) is 2.63. The zero-order valence-electron chi connectivity index (χ0n) is 10.2. The second-order valence-electron chi connectivity index (χ2n) is 4.19. The van der Waals surface area contributed by atoms with Crippen molar-refractivity contribution in [2.45, 2.75) is 26.9 Å². The minimum absolute atomic E-state index is 0.0789. The number of anilines is 1. The fraction of sp³-hybridized carbons (Fsp3) is 0.308. The maximum atomic E-state index is 5.86. The summed E-state index contributed by atoms with van der Waals surface area (Å²) in [5.41, 5.74) is 8.89. The first-order chi connectivity index (χ1) is 8.04. The van der Waals surface area contributed by atoms with E-state index in [-0.39, 0.29) is 6.10 Å². The summed E-state index contributed by atoms with van der Waals surface area (Å²) in [6.45, 7) is 6.10. The fourth-order valence-electron chi connectivity index (χ4n) is 1.75. The van der Waals surface area contributed by atoms with Crippen LogP contribution in [0, 0.1) is 13.8 Å². The summed E-state index contributed by atoms with van der Waals surface area (Å²) in [7, 11) is 0. The van der Waals surface area contributed by atoms with E-state index in [1.54, 1.807) is 0 Å². The molecule has 1 aromatic carbocycles. The van der Waals surface area contributed by atoms with Gasteiger partial charge in [-0.15, -0.1) is 11.3 Å². The van der Waals surface area contributed by atoms with Crippen LogP contribution in [0.4, 0.5) is 5.13 Å². The molecule has 0 fully saturated rings. The maximum Gasteiger partial charge on any atom is 0.180 e. The first-order valence-corrected chi connectivity index (χ1v) is 6.38. The van der Waals surface area contributed by atoms with Gasteiger partial charge < -0.3 is 10.5 Å². The zero-order chi connectivity index (χ0) is 12.4. The molecule has 0 aliphatic carbocycles. The number of nitrogen functional groups attached to an aromatic ring is 1. The Labute approximate surface area is 105 Å². The summed E-state index contributed by atoms with van der Waals surface area (Å²) in [6, 6.07) is 6.18. The Morgan fingerprint density at radius 3 is 2.41 bits per heavy atom. The molecule has 0 bridgehead atoms. The van der Waals surface area contributed by atoms with Crippen molar-refractivity contribution in [3.8, 4) is 5.75 Å². The number of hydrogen-bond donors (Lipinski definition) is 1. The fourth-order valence-corrected chi connectivity index (χ4v) is 2.40. The van der Waals surface area contributed by atoms with E-state index >= 15 is 0 Å². The van der Waals surface area contributed by atoms with Gasteiger partial charge in [0.2, 0.25) is 0 Å². The number of nitrogens with zero attached hydrogens (tertiary/aromatic N) is 1. The Bertz CT molecular complexity index is 502. The standard InChI is InChI=1S/C13H16N2OS/c1-8-4-9(2)6-11(5-8)16-10(3)12-7-17-13(14)15-12/h4-7,10H,1-3H3,(H2,14,15). The molecular weight excluding hydrogens is 232 g/mol. The van der Waals surface area contributed by atoms with E-state index in [9.17, 15) is 0 Å². The van der Waals surface area contributed by atoms with Crippen LogP contribution in [0.25, 0.3) is 0 Å². The van der Waals surface area contributed by atoms with Gasteiger partial charge in [-0.1, -0.05) is 6.07 Å². The SMILES string of the molecule is Cc1cc(C)cc(OC(C)c2csc(N)n2)c1.